The zero-order valence-electron chi connectivity index (χ0n) is 11.3. The van der Waals surface area contributed by atoms with Gasteiger partial charge in [-0.05, 0) is 26.0 Å². The first kappa shape index (κ1) is 14.3. The first-order valence-corrected chi connectivity index (χ1v) is 6.30. The number of hydrogen-bond donors (Lipinski definition) is 1. The summed E-state index contributed by atoms with van der Waals surface area (Å²) in [6.45, 7) is 5.04. The first-order chi connectivity index (χ1) is 9.40. The Hall–Kier alpha value is -2.15. The minimum absolute atomic E-state index is 0.0319. The Labute approximate surface area is 115 Å². The van der Waals surface area contributed by atoms with Gasteiger partial charge < -0.3 is 14.7 Å². The number of rotatable bonds is 3. The molecule has 0 saturated carbocycles. The van der Waals surface area contributed by atoms with E-state index < -0.39 is 10.9 Å². The minimum atomic E-state index is -1.30. The number of nitrogens with zero attached hydrogens (tertiary/aromatic N) is 2. The van der Waals surface area contributed by atoms with Crippen LogP contribution in [0.1, 0.15) is 24.2 Å². The summed E-state index contributed by atoms with van der Waals surface area (Å²) in [6.07, 6.45) is 0.0319. The highest BCUT2D eigenvalue weighted by Crippen LogP contribution is 2.28. The fourth-order valence-corrected chi connectivity index (χ4v) is 2.29. The number of carbonyl (C=O) groups is 1. The molecule has 0 amide bonds. The molecule has 1 aromatic carbocycles. The molecule has 1 saturated heterocycles. The molecule has 108 valence electrons. The second-order valence-corrected chi connectivity index (χ2v) is 4.91. The fourth-order valence-electron chi connectivity index (χ4n) is 2.29. The van der Waals surface area contributed by atoms with Gasteiger partial charge in [0.25, 0.3) is 5.69 Å². The van der Waals surface area contributed by atoms with Gasteiger partial charge in [-0.25, -0.2) is 4.79 Å². The van der Waals surface area contributed by atoms with Gasteiger partial charge in [0.05, 0.1) is 17.6 Å². The van der Waals surface area contributed by atoms with Gasteiger partial charge in [0.1, 0.15) is 5.56 Å². The maximum Gasteiger partial charge on any atom is 0.342 e. The van der Waals surface area contributed by atoms with Gasteiger partial charge in [0, 0.05) is 24.3 Å². The van der Waals surface area contributed by atoms with Crippen LogP contribution in [0.2, 0.25) is 0 Å². The maximum atomic E-state index is 11.0. The van der Waals surface area contributed by atoms with Crippen LogP contribution in [-0.4, -0.2) is 41.3 Å². The summed E-state index contributed by atoms with van der Waals surface area (Å²) in [4.78, 5) is 23.3. The van der Waals surface area contributed by atoms with E-state index in [1.54, 1.807) is 6.07 Å². The summed E-state index contributed by atoms with van der Waals surface area (Å²) in [7, 11) is 0. The predicted molar refractivity (Wildman–Crippen MR) is 72.3 cm³/mol. The molecule has 0 aliphatic carbocycles. The third-order valence-electron chi connectivity index (χ3n) is 3.35. The minimum Gasteiger partial charge on any atom is -0.477 e. The predicted octanol–water partition coefficient (Wildman–Crippen LogP) is 1.91. The van der Waals surface area contributed by atoms with Gasteiger partial charge in [-0.15, -0.1) is 0 Å². The van der Waals surface area contributed by atoms with Crippen LogP contribution >= 0.6 is 0 Å². The molecule has 1 heterocycles. The number of carboxylic acid groups (broad SMARTS) is 1. The summed E-state index contributed by atoms with van der Waals surface area (Å²) in [5, 5.41) is 20.0. The van der Waals surface area contributed by atoms with Crippen LogP contribution in [0, 0.1) is 10.1 Å². The summed E-state index contributed by atoms with van der Waals surface area (Å²) in [6, 6.07) is 4.28. The van der Waals surface area contributed by atoms with E-state index in [1.165, 1.54) is 12.1 Å². The van der Waals surface area contributed by atoms with Crippen molar-refractivity contribution in [3.05, 3.63) is 33.9 Å². The average molecular weight is 280 g/mol. The van der Waals surface area contributed by atoms with E-state index in [2.05, 4.69) is 0 Å². The molecular weight excluding hydrogens is 264 g/mol. The molecule has 0 bridgehead atoms. The molecule has 0 radical (unpaired) electrons. The molecule has 2 atom stereocenters. The Morgan fingerprint density at radius 2 is 2.20 bits per heavy atom. The van der Waals surface area contributed by atoms with E-state index in [0.29, 0.717) is 18.8 Å². The number of carboxylic acids is 1. The molecule has 7 heteroatoms. The highest BCUT2D eigenvalue weighted by atomic mass is 16.6. The number of benzene rings is 1. The monoisotopic (exact) mass is 280 g/mol. The van der Waals surface area contributed by atoms with Crippen molar-refractivity contribution in [1.82, 2.24) is 0 Å². The van der Waals surface area contributed by atoms with Crippen molar-refractivity contribution >= 4 is 17.3 Å². The van der Waals surface area contributed by atoms with Gasteiger partial charge in [0.2, 0.25) is 0 Å². The number of nitro benzene ring substituents is 1. The third-order valence-corrected chi connectivity index (χ3v) is 3.35. The molecule has 1 aliphatic heterocycles. The Morgan fingerprint density at radius 3 is 2.80 bits per heavy atom. The molecule has 2 unspecified atom stereocenters. The third kappa shape index (κ3) is 2.72. The van der Waals surface area contributed by atoms with E-state index in [4.69, 9.17) is 9.84 Å². The van der Waals surface area contributed by atoms with Crippen LogP contribution in [0.3, 0.4) is 0 Å². The molecule has 0 aromatic heterocycles. The van der Waals surface area contributed by atoms with Crippen molar-refractivity contribution in [3.8, 4) is 0 Å². The highest BCUT2D eigenvalue weighted by molar-refractivity contribution is 5.93. The first-order valence-electron chi connectivity index (χ1n) is 6.30. The fraction of sp³-hybridized carbons (Fsp3) is 0.462. The van der Waals surface area contributed by atoms with Crippen molar-refractivity contribution in [2.75, 3.05) is 18.1 Å². The normalized spacial score (nSPS) is 22.6. The molecule has 20 heavy (non-hydrogen) atoms. The number of aromatic carboxylic acids is 1. The molecular formula is C13H16N2O5. The van der Waals surface area contributed by atoms with Gasteiger partial charge in [-0.2, -0.15) is 0 Å². The summed E-state index contributed by atoms with van der Waals surface area (Å²) < 4.78 is 5.51. The lowest BCUT2D eigenvalue weighted by atomic mass is 10.1. The van der Waals surface area contributed by atoms with Crippen LogP contribution in [0.15, 0.2) is 18.2 Å². The van der Waals surface area contributed by atoms with E-state index >= 15 is 0 Å². The molecule has 0 spiro atoms. The zero-order valence-corrected chi connectivity index (χ0v) is 11.3. The van der Waals surface area contributed by atoms with E-state index in [-0.39, 0.29) is 23.4 Å². The van der Waals surface area contributed by atoms with Crippen LogP contribution < -0.4 is 4.90 Å². The van der Waals surface area contributed by atoms with E-state index in [0.717, 1.165) is 0 Å². The standard InChI is InChI=1S/C13H16N2O5/c1-8-7-20-9(2)6-14(8)10-3-4-11(13(16)17)12(5-10)15(18)19/h3-5,8-9H,6-7H2,1-2H3,(H,16,17). The van der Waals surface area contributed by atoms with Crippen molar-refractivity contribution in [2.24, 2.45) is 0 Å². The number of ether oxygens (including phenoxy) is 1. The van der Waals surface area contributed by atoms with Crippen LogP contribution in [-0.2, 0) is 4.74 Å². The average Bonchev–Trinajstić information content (AvgIpc) is 2.40. The molecule has 1 N–H and O–H groups in total. The summed E-state index contributed by atoms with van der Waals surface area (Å²) in [5.74, 6) is -1.30. The lowest BCUT2D eigenvalue weighted by Crippen LogP contribution is -2.47. The van der Waals surface area contributed by atoms with Crippen molar-refractivity contribution in [2.45, 2.75) is 26.0 Å². The summed E-state index contributed by atoms with van der Waals surface area (Å²) in [5.41, 5.74) is -0.0431. The number of hydrogen-bond acceptors (Lipinski definition) is 5. The SMILES string of the molecule is CC1CN(c2ccc(C(=O)O)c([N+](=O)[O-])c2)C(C)CO1. The molecule has 7 nitrogen and oxygen atoms in total. The quantitative estimate of drug-likeness (QED) is 0.671. The van der Waals surface area contributed by atoms with Gasteiger partial charge >= 0.3 is 5.97 Å². The highest BCUT2D eigenvalue weighted by Gasteiger charge is 2.27. The molecule has 2 rings (SSSR count). The van der Waals surface area contributed by atoms with Gasteiger partial charge in [0.15, 0.2) is 0 Å². The van der Waals surface area contributed by atoms with Crippen LogP contribution in [0.25, 0.3) is 0 Å². The lowest BCUT2D eigenvalue weighted by molar-refractivity contribution is -0.385. The molecule has 1 fully saturated rings. The summed E-state index contributed by atoms with van der Waals surface area (Å²) >= 11 is 0. The maximum absolute atomic E-state index is 11.0. The Kier molecular flexibility index (Phi) is 3.89. The molecule has 1 aromatic rings. The smallest absolute Gasteiger partial charge is 0.342 e. The van der Waals surface area contributed by atoms with Crippen molar-refractivity contribution in [3.63, 3.8) is 0 Å². The number of nitro groups is 1. The zero-order chi connectivity index (χ0) is 14.9. The lowest BCUT2D eigenvalue weighted by Gasteiger charge is -2.38. The molecule has 1 aliphatic rings. The second-order valence-electron chi connectivity index (χ2n) is 4.91. The number of anilines is 1. The number of morpholine rings is 1. The Morgan fingerprint density at radius 1 is 1.50 bits per heavy atom. The van der Waals surface area contributed by atoms with Crippen LogP contribution in [0.5, 0.6) is 0 Å². The van der Waals surface area contributed by atoms with Crippen LogP contribution in [0.4, 0.5) is 11.4 Å². The Balaban J connectivity index is 2.40. The Bertz CT molecular complexity index is 546. The van der Waals surface area contributed by atoms with Gasteiger partial charge in [-0.1, -0.05) is 0 Å². The van der Waals surface area contributed by atoms with Crippen molar-refractivity contribution in [1.29, 1.82) is 0 Å². The van der Waals surface area contributed by atoms with Crippen molar-refractivity contribution < 1.29 is 19.6 Å². The van der Waals surface area contributed by atoms with Gasteiger partial charge in [-0.3, -0.25) is 10.1 Å². The second kappa shape index (κ2) is 5.46. The van der Waals surface area contributed by atoms with E-state index in [9.17, 15) is 14.9 Å². The largest absolute Gasteiger partial charge is 0.477 e. The van der Waals surface area contributed by atoms with E-state index in [1.807, 2.05) is 18.7 Å². The topological polar surface area (TPSA) is 92.9 Å².